The van der Waals surface area contributed by atoms with Gasteiger partial charge in [0.2, 0.25) is 0 Å². The molecule has 1 aromatic carbocycles. The Labute approximate surface area is 136 Å². The number of nitrogens with zero attached hydrogens (tertiary/aromatic N) is 1. The predicted molar refractivity (Wildman–Crippen MR) is 80.9 cm³/mol. The number of ether oxygens (including phenoxy) is 1. The van der Waals surface area contributed by atoms with Gasteiger partial charge in [-0.3, -0.25) is 4.79 Å². The molecule has 0 aliphatic carbocycles. The second-order valence-electron chi connectivity index (χ2n) is 4.86. The standard InChI is InChI=1S/C15H14ClFN2O4/c1-7-13(8(2)23-19-7)15(21)22-9(3)14(20)18-12-5-4-10(17)6-11(12)16/h4-6,9H,1-3H3,(H,18,20)/t9-/m0/s1. The molecular formula is C15H14ClFN2O4. The maximum atomic E-state index is 13.0. The number of carbonyl (C=O) groups excluding carboxylic acids is 2. The van der Waals surface area contributed by atoms with Gasteiger partial charge in [-0.1, -0.05) is 16.8 Å². The molecule has 1 aromatic heterocycles. The minimum absolute atomic E-state index is 0.0441. The van der Waals surface area contributed by atoms with E-state index in [0.717, 1.165) is 12.1 Å². The van der Waals surface area contributed by atoms with Crippen LogP contribution in [0.3, 0.4) is 0 Å². The van der Waals surface area contributed by atoms with Crippen molar-refractivity contribution in [1.29, 1.82) is 0 Å². The van der Waals surface area contributed by atoms with Crippen LogP contribution in [0.15, 0.2) is 22.7 Å². The first kappa shape index (κ1) is 17.0. The van der Waals surface area contributed by atoms with Crippen molar-refractivity contribution >= 4 is 29.2 Å². The number of rotatable bonds is 4. The Kier molecular flexibility index (Phi) is 5.00. The summed E-state index contributed by atoms with van der Waals surface area (Å²) in [6.07, 6.45) is -1.09. The summed E-state index contributed by atoms with van der Waals surface area (Å²) in [6, 6.07) is 3.54. The van der Waals surface area contributed by atoms with Crippen molar-refractivity contribution < 1.29 is 23.2 Å². The van der Waals surface area contributed by atoms with Crippen LogP contribution in [-0.4, -0.2) is 23.1 Å². The lowest BCUT2D eigenvalue weighted by molar-refractivity contribution is -0.123. The average Bonchev–Trinajstić information content (AvgIpc) is 2.81. The van der Waals surface area contributed by atoms with E-state index in [2.05, 4.69) is 10.5 Å². The third-order valence-corrected chi connectivity index (χ3v) is 3.39. The Morgan fingerprint density at radius 1 is 1.39 bits per heavy atom. The van der Waals surface area contributed by atoms with Crippen molar-refractivity contribution in [2.24, 2.45) is 0 Å². The van der Waals surface area contributed by atoms with E-state index in [1.165, 1.54) is 13.0 Å². The molecule has 0 unspecified atom stereocenters. The first-order valence-corrected chi connectivity index (χ1v) is 7.07. The van der Waals surface area contributed by atoms with Gasteiger partial charge in [0.15, 0.2) is 6.10 Å². The molecule has 0 aliphatic rings. The highest BCUT2D eigenvalue weighted by atomic mass is 35.5. The van der Waals surface area contributed by atoms with Gasteiger partial charge in [0.1, 0.15) is 17.1 Å². The zero-order valence-electron chi connectivity index (χ0n) is 12.6. The number of aryl methyl sites for hydroxylation is 2. The van der Waals surface area contributed by atoms with Gasteiger partial charge in [0.25, 0.3) is 5.91 Å². The van der Waals surface area contributed by atoms with Crippen LogP contribution in [0.5, 0.6) is 0 Å². The summed E-state index contributed by atoms with van der Waals surface area (Å²) in [5, 5.41) is 6.15. The number of hydrogen-bond donors (Lipinski definition) is 1. The van der Waals surface area contributed by atoms with Gasteiger partial charge in [-0.2, -0.15) is 0 Å². The molecule has 2 aromatic rings. The molecule has 1 heterocycles. The number of esters is 1. The highest BCUT2D eigenvalue weighted by Gasteiger charge is 2.24. The molecule has 1 amide bonds. The van der Waals surface area contributed by atoms with Crippen molar-refractivity contribution in [2.75, 3.05) is 5.32 Å². The Bertz CT molecular complexity index is 740. The number of halogens is 2. The molecule has 0 saturated heterocycles. The summed E-state index contributed by atoms with van der Waals surface area (Å²) >= 11 is 5.82. The molecule has 122 valence electrons. The number of hydrogen-bond acceptors (Lipinski definition) is 5. The van der Waals surface area contributed by atoms with E-state index in [-0.39, 0.29) is 16.3 Å². The van der Waals surface area contributed by atoms with Gasteiger partial charge in [0.05, 0.1) is 16.4 Å². The molecule has 8 heteroatoms. The van der Waals surface area contributed by atoms with Crippen molar-refractivity contribution in [1.82, 2.24) is 5.16 Å². The van der Waals surface area contributed by atoms with Gasteiger partial charge in [0, 0.05) is 0 Å². The maximum Gasteiger partial charge on any atom is 0.344 e. The number of aromatic nitrogens is 1. The van der Waals surface area contributed by atoms with E-state index in [0.29, 0.717) is 11.5 Å². The lowest BCUT2D eigenvalue weighted by Gasteiger charge is -2.14. The number of amides is 1. The van der Waals surface area contributed by atoms with E-state index in [1.807, 2.05) is 0 Å². The van der Waals surface area contributed by atoms with Crippen molar-refractivity contribution in [2.45, 2.75) is 26.9 Å². The number of carbonyl (C=O) groups is 2. The van der Waals surface area contributed by atoms with Crippen LogP contribution in [0, 0.1) is 19.7 Å². The molecule has 0 spiro atoms. The summed E-state index contributed by atoms with van der Waals surface area (Å²) in [7, 11) is 0. The quantitative estimate of drug-likeness (QED) is 0.864. The number of anilines is 1. The van der Waals surface area contributed by atoms with Crippen LogP contribution in [0.25, 0.3) is 0 Å². The lowest BCUT2D eigenvalue weighted by atomic mass is 10.2. The molecule has 0 radical (unpaired) electrons. The first-order chi connectivity index (χ1) is 10.8. The smallest absolute Gasteiger partial charge is 0.344 e. The Morgan fingerprint density at radius 3 is 2.65 bits per heavy atom. The molecular weight excluding hydrogens is 327 g/mol. The number of benzene rings is 1. The minimum Gasteiger partial charge on any atom is -0.449 e. The molecule has 2 rings (SSSR count). The van der Waals surface area contributed by atoms with Crippen LogP contribution in [0.4, 0.5) is 10.1 Å². The summed E-state index contributed by atoms with van der Waals surface area (Å²) in [5.41, 5.74) is 0.782. The summed E-state index contributed by atoms with van der Waals surface area (Å²) in [4.78, 5) is 24.1. The third kappa shape index (κ3) is 3.87. The second kappa shape index (κ2) is 6.78. The van der Waals surface area contributed by atoms with Crippen LogP contribution in [-0.2, 0) is 9.53 Å². The second-order valence-corrected chi connectivity index (χ2v) is 5.27. The Morgan fingerprint density at radius 2 is 2.09 bits per heavy atom. The fourth-order valence-electron chi connectivity index (χ4n) is 1.87. The van der Waals surface area contributed by atoms with E-state index < -0.39 is 23.8 Å². The van der Waals surface area contributed by atoms with Crippen LogP contribution < -0.4 is 5.32 Å². The van der Waals surface area contributed by atoms with Crippen molar-refractivity contribution in [3.63, 3.8) is 0 Å². The molecule has 1 N–H and O–H groups in total. The van der Waals surface area contributed by atoms with Crippen molar-refractivity contribution in [3.8, 4) is 0 Å². The number of nitrogens with one attached hydrogen (secondary N) is 1. The fourth-order valence-corrected chi connectivity index (χ4v) is 2.09. The highest BCUT2D eigenvalue weighted by Crippen LogP contribution is 2.23. The molecule has 23 heavy (non-hydrogen) atoms. The zero-order chi connectivity index (χ0) is 17.1. The van der Waals surface area contributed by atoms with Gasteiger partial charge in [-0.15, -0.1) is 0 Å². The van der Waals surface area contributed by atoms with Crippen molar-refractivity contribution in [3.05, 3.63) is 46.1 Å². The van der Waals surface area contributed by atoms with E-state index >= 15 is 0 Å². The summed E-state index contributed by atoms with van der Waals surface area (Å²) in [6.45, 7) is 4.57. The molecule has 1 atom stereocenters. The fraction of sp³-hybridized carbons (Fsp3) is 0.267. The molecule has 0 aliphatic heterocycles. The molecule has 6 nitrogen and oxygen atoms in total. The monoisotopic (exact) mass is 340 g/mol. The van der Waals surface area contributed by atoms with Gasteiger partial charge >= 0.3 is 5.97 Å². The zero-order valence-corrected chi connectivity index (χ0v) is 13.4. The van der Waals surface area contributed by atoms with E-state index in [1.54, 1.807) is 13.8 Å². The van der Waals surface area contributed by atoms with Gasteiger partial charge in [-0.25, -0.2) is 9.18 Å². The van der Waals surface area contributed by atoms with Gasteiger partial charge < -0.3 is 14.6 Å². The Hall–Kier alpha value is -2.41. The third-order valence-electron chi connectivity index (χ3n) is 3.08. The molecule has 0 saturated carbocycles. The van der Waals surface area contributed by atoms with Crippen LogP contribution in [0.2, 0.25) is 5.02 Å². The van der Waals surface area contributed by atoms with E-state index in [4.69, 9.17) is 20.9 Å². The Balaban J connectivity index is 2.04. The summed E-state index contributed by atoms with van der Waals surface area (Å²) < 4.78 is 22.9. The maximum absolute atomic E-state index is 13.0. The summed E-state index contributed by atoms with van der Waals surface area (Å²) in [5.74, 6) is -1.53. The normalized spacial score (nSPS) is 11.9. The molecule has 0 fully saturated rings. The SMILES string of the molecule is Cc1noc(C)c1C(=O)O[C@@H](C)C(=O)Nc1ccc(F)cc1Cl. The predicted octanol–water partition coefficient (Wildman–Crippen LogP) is 3.27. The minimum atomic E-state index is -1.09. The average molecular weight is 341 g/mol. The van der Waals surface area contributed by atoms with Crippen LogP contribution in [0.1, 0.15) is 28.7 Å². The highest BCUT2D eigenvalue weighted by molar-refractivity contribution is 6.33. The van der Waals surface area contributed by atoms with Crippen LogP contribution >= 0.6 is 11.6 Å². The molecule has 0 bridgehead atoms. The largest absolute Gasteiger partial charge is 0.449 e. The first-order valence-electron chi connectivity index (χ1n) is 6.69. The van der Waals surface area contributed by atoms with E-state index in [9.17, 15) is 14.0 Å². The topological polar surface area (TPSA) is 81.4 Å². The lowest BCUT2D eigenvalue weighted by Crippen LogP contribution is -2.30. The van der Waals surface area contributed by atoms with Gasteiger partial charge in [-0.05, 0) is 39.0 Å².